The summed E-state index contributed by atoms with van der Waals surface area (Å²) in [6.07, 6.45) is -17.5. The first-order chi connectivity index (χ1) is 12.5. The summed E-state index contributed by atoms with van der Waals surface area (Å²) in [5.41, 5.74) is 0. The summed E-state index contributed by atoms with van der Waals surface area (Å²) < 4.78 is 30.7. The van der Waals surface area contributed by atoms with Crippen molar-refractivity contribution in [3.8, 4) is 0 Å². The number of aliphatic hydroxyl groups is 7. The summed E-state index contributed by atoms with van der Waals surface area (Å²) in [5, 5.41) is 67.9. The van der Waals surface area contributed by atoms with Crippen LogP contribution in [0.25, 0.3) is 0 Å². The van der Waals surface area contributed by atoms with E-state index in [1.54, 1.807) is 0 Å². The number of ether oxygens (including phenoxy) is 3. The Bertz CT molecular complexity index is 526. The number of hydrogen-bond acceptors (Lipinski definition) is 12. The molecule has 0 saturated carbocycles. The Labute approximate surface area is 152 Å². The first-order valence-corrected chi connectivity index (χ1v) is 9.35. The van der Waals surface area contributed by atoms with Crippen LogP contribution in [0.2, 0.25) is 0 Å². The van der Waals surface area contributed by atoms with Crippen molar-refractivity contribution in [3.05, 3.63) is 0 Å². The van der Waals surface area contributed by atoms with Crippen molar-refractivity contribution >= 4 is 7.82 Å². The monoisotopic (exact) mass is 422 g/mol. The van der Waals surface area contributed by atoms with Crippen LogP contribution in [0.3, 0.4) is 0 Å². The Kier molecular flexibility index (Phi) is 7.68. The maximum Gasteiger partial charge on any atom is 0.470 e. The van der Waals surface area contributed by atoms with Gasteiger partial charge in [0.2, 0.25) is 0 Å². The van der Waals surface area contributed by atoms with Crippen LogP contribution < -0.4 is 0 Å². The molecule has 0 aliphatic carbocycles. The molecule has 2 aliphatic rings. The zero-order chi connectivity index (χ0) is 20.5. The Morgan fingerprint density at radius 3 is 1.70 bits per heavy atom. The summed E-state index contributed by atoms with van der Waals surface area (Å²) in [5.74, 6) is 0. The molecule has 0 amide bonds. The molecule has 0 aromatic rings. The highest BCUT2D eigenvalue weighted by molar-refractivity contribution is 7.46. The van der Waals surface area contributed by atoms with Crippen LogP contribution in [0.15, 0.2) is 0 Å². The van der Waals surface area contributed by atoms with E-state index in [9.17, 15) is 35.2 Å². The SMILES string of the molecule is O=P(O)(O)O[C@H]1[C@H](O)[C@@H](CO)OC(OC2O[C@H](CO)[C@@H](O)[C@H](O)[C@H]2O)[C@@H]1O. The van der Waals surface area contributed by atoms with Gasteiger partial charge in [0.25, 0.3) is 0 Å². The largest absolute Gasteiger partial charge is 0.470 e. The van der Waals surface area contributed by atoms with Crippen molar-refractivity contribution in [3.63, 3.8) is 0 Å². The third-order valence-electron chi connectivity index (χ3n) is 4.20. The van der Waals surface area contributed by atoms with Crippen LogP contribution in [0.1, 0.15) is 0 Å². The predicted molar refractivity (Wildman–Crippen MR) is 79.5 cm³/mol. The van der Waals surface area contributed by atoms with E-state index in [-0.39, 0.29) is 0 Å². The van der Waals surface area contributed by atoms with Gasteiger partial charge in [-0.2, -0.15) is 0 Å². The molecule has 10 atom stereocenters. The number of phosphoric acid groups is 1. The van der Waals surface area contributed by atoms with E-state index in [0.717, 1.165) is 0 Å². The average Bonchev–Trinajstić information content (AvgIpc) is 2.60. The highest BCUT2D eigenvalue weighted by Crippen LogP contribution is 2.41. The van der Waals surface area contributed by atoms with Crippen LogP contribution in [-0.2, 0) is 23.3 Å². The van der Waals surface area contributed by atoms with Crippen molar-refractivity contribution in [1.82, 2.24) is 0 Å². The highest BCUT2D eigenvalue weighted by atomic mass is 31.2. The standard InChI is InChI=1S/C12H23O14P/c13-1-3-5(15)7(17)8(18)11(23-3)25-12-9(19)10(26-27(20,21)22)6(16)4(2-14)24-12/h3-19H,1-2H2,(H2,20,21,22)/t3-,4-,5-,6-,7+,8-,9-,10+,11?,12?/m1/s1. The lowest BCUT2D eigenvalue weighted by Crippen LogP contribution is -2.64. The number of phosphoric ester groups is 1. The maximum atomic E-state index is 11.0. The molecule has 2 saturated heterocycles. The Balaban J connectivity index is 2.17. The molecule has 2 heterocycles. The quantitative estimate of drug-likeness (QED) is 0.182. The summed E-state index contributed by atoms with van der Waals surface area (Å²) in [7, 11) is -5.16. The fourth-order valence-electron chi connectivity index (χ4n) is 2.76. The summed E-state index contributed by atoms with van der Waals surface area (Å²) >= 11 is 0. The van der Waals surface area contributed by atoms with Gasteiger partial charge < -0.3 is 59.7 Å². The zero-order valence-corrected chi connectivity index (χ0v) is 14.6. The van der Waals surface area contributed by atoms with Crippen LogP contribution in [0.4, 0.5) is 0 Å². The minimum absolute atomic E-state index is 0.749. The maximum absolute atomic E-state index is 11.0. The second-order valence-electron chi connectivity index (χ2n) is 6.10. The van der Waals surface area contributed by atoms with E-state index in [1.165, 1.54) is 0 Å². The number of aliphatic hydroxyl groups excluding tert-OH is 7. The van der Waals surface area contributed by atoms with Crippen molar-refractivity contribution in [2.45, 2.75) is 61.4 Å². The molecule has 15 heteroatoms. The molecule has 0 aromatic carbocycles. The van der Waals surface area contributed by atoms with Crippen LogP contribution >= 0.6 is 7.82 Å². The minimum Gasteiger partial charge on any atom is -0.394 e. The summed E-state index contributed by atoms with van der Waals surface area (Å²) in [4.78, 5) is 17.8. The Morgan fingerprint density at radius 2 is 1.22 bits per heavy atom. The topological polar surface area (TPSA) is 236 Å². The first kappa shape index (κ1) is 23.0. The lowest BCUT2D eigenvalue weighted by atomic mass is 9.98. The summed E-state index contributed by atoms with van der Waals surface area (Å²) in [6.45, 7) is -1.59. The van der Waals surface area contributed by atoms with Gasteiger partial charge in [0.15, 0.2) is 12.6 Å². The smallest absolute Gasteiger partial charge is 0.394 e. The molecular weight excluding hydrogens is 399 g/mol. The molecule has 0 radical (unpaired) electrons. The molecule has 160 valence electrons. The second kappa shape index (κ2) is 9.02. The molecule has 0 spiro atoms. The molecule has 2 aliphatic heterocycles. The Morgan fingerprint density at radius 1 is 0.741 bits per heavy atom. The van der Waals surface area contributed by atoms with Crippen molar-refractivity contribution in [1.29, 1.82) is 0 Å². The number of rotatable bonds is 6. The highest BCUT2D eigenvalue weighted by Gasteiger charge is 2.51. The molecule has 2 fully saturated rings. The third-order valence-corrected chi connectivity index (χ3v) is 4.72. The van der Waals surface area contributed by atoms with Gasteiger partial charge in [-0.1, -0.05) is 0 Å². The van der Waals surface area contributed by atoms with Gasteiger partial charge in [-0.25, -0.2) is 4.57 Å². The predicted octanol–water partition coefficient (Wildman–Crippen LogP) is -5.28. The van der Waals surface area contributed by atoms with Crippen molar-refractivity contribution < 1.29 is 68.8 Å². The fourth-order valence-corrected chi connectivity index (χ4v) is 3.33. The molecule has 14 nitrogen and oxygen atoms in total. The normalized spacial score (nSPS) is 46.4. The third kappa shape index (κ3) is 5.20. The van der Waals surface area contributed by atoms with Crippen LogP contribution in [0.5, 0.6) is 0 Å². The van der Waals surface area contributed by atoms with Crippen LogP contribution in [0, 0.1) is 0 Å². The van der Waals surface area contributed by atoms with E-state index in [4.69, 9.17) is 29.1 Å². The van der Waals surface area contributed by atoms with E-state index in [2.05, 4.69) is 4.52 Å². The van der Waals surface area contributed by atoms with E-state index < -0.39 is 82.4 Å². The van der Waals surface area contributed by atoms with E-state index in [1.807, 2.05) is 0 Å². The van der Waals surface area contributed by atoms with Crippen molar-refractivity contribution in [2.75, 3.05) is 13.2 Å². The van der Waals surface area contributed by atoms with Crippen molar-refractivity contribution in [2.24, 2.45) is 0 Å². The lowest BCUT2D eigenvalue weighted by Gasteiger charge is -2.45. The van der Waals surface area contributed by atoms with Gasteiger partial charge in [-0.3, -0.25) is 4.52 Å². The first-order valence-electron chi connectivity index (χ1n) is 7.82. The lowest BCUT2D eigenvalue weighted by molar-refractivity contribution is -0.375. The van der Waals surface area contributed by atoms with E-state index >= 15 is 0 Å². The van der Waals surface area contributed by atoms with Gasteiger partial charge in [0.05, 0.1) is 13.2 Å². The van der Waals surface area contributed by atoms with E-state index in [0.29, 0.717) is 0 Å². The molecule has 2 unspecified atom stereocenters. The second-order valence-corrected chi connectivity index (χ2v) is 7.29. The fraction of sp³-hybridized carbons (Fsp3) is 1.00. The molecule has 0 aromatic heterocycles. The molecule has 0 bridgehead atoms. The molecule has 9 N–H and O–H groups in total. The van der Waals surface area contributed by atoms with Gasteiger partial charge in [-0.15, -0.1) is 0 Å². The van der Waals surface area contributed by atoms with Gasteiger partial charge in [-0.05, 0) is 0 Å². The van der Waals surface area contributed by atoms with Gasteiger partial charge in [0, 0.05) is 0 Å². The van der Waals surface area contributed by atoms with Crippen LogP contribution in [-0.4, -0.2) is 120 Å². The molecule has 2 rings (SSSR count). The molecular formula is C12H23O14P. The summed E-state index contributed by atoms with van der Waals surface area (Å²) in [6, 6.07) is 0. The van der Waals surface area contributed by atoms with Gasteiger partial charge >= 0.3 is 7.82 Å². The number of hydrogen-bond donors (Lipinski definition) is 9. The molecule has 27 heavy (non-hydrogen) atoms. The zero-order valence-electron chi connectivity index (χ0n) is 13.7. The average molecular weight is 422 g/mol. The minimum atomic E-state index is -5.16. The van der Waals surface area contributed by atoms with Gasteiger partial charge in [0.1, 0.15) is 48.8 Å². The Hall–Kier alpha value is -0.290.